The summed E-state index contributed by atoms with van der Waals surface area (Å²) in [4.78, 5) is 4.52. The molecule has 0 spiro atoms. The molecule has 2 aromatic heterocycles. The SMILES string of the molecule is COc1cccc(-c2nnc(N(CCSI)S(=O)(=O)[C@H](C)[C@@H](O)c3ccccc3OC)n2-c2c(OC)cccc2OC)n1. The van der Waals surface area contributed by atoms with Crippen LogP contribution in [0, 0.1) is 0 Å². The molecule has 0 bridgehead atoms. The van der Waals surface area contributed by atoms with Crippen LogP contribution in [0.5, 0.6) is 23.1 Å². The lowest BCUT2D eigenvalue weighted by molar-refractivity contribution is 0.171. The third kappa shape index (κ3) is 6.63. The molecular weight excluding hydrogens is 709 g/mol. The summed E-state index contributed by atoms with van der Waals surface area (Å²) in [6, 6.07) is 17.1. The second kappa shape index (κ2) is 14.5. The average Bonchev–Trinajstić information content (AvgIpc) is 3.47. The van der Waals surface area contributed by atoms with Gasteiger partial charge in [-0.2, -0.15) is 0 Å². The van der Waals surface area contributed by atoms with Gasteiger partial charge in [0.1, 0.15) is 40.0 Å². The maximum Gasteiger partial charge on any atom is 0.246 e. The molecule has 0 fully saturated rings. The number of methoxy groups -OCH3 is 4. The monoisotopic (exact) mass is 741 g/mol. The van der Waals surface area contributed by atoms with Crippen molar-refractivity contribution in [1.29, 1.82) is 0 Å². The number of sulfonamides is 1. The van der Waals surface area contributed by atoms with Crippen LogP contribution < -0.4 is 23.3 Å². The van der Waals surface area contributed by atoms with E-state index in [4.69, 9.17) is 18.9 Å². The van der Waals surface area contributed by atoms with Gasteiger partial charge in [0.05, 0.1) is 28.4 Å². The number of aliphatic hydroxyl groups is 1. The number of nitrogens with zero attached hydrogens (tertiary/aromatic N) is 5. The van der Waals surface area contributed by atoms with E-state index in [9.17, 15) is 13.5 Å². The molecular formula is C28H32IN5O7S2. The second-order valence-electron chi connectivity index (χ2n) is 9.06. The maximum absolute atomic E-state index is 14.4. The normalized spacial score (nSPS) is 12.8. The highest BCUT2D eigenvalue weighted by atomic mass is 127. The van der Waals surface area contributed by atoms with Gasteiger partial charge in [0.2, 0.25) is 21.9 Å². The number of rotatable bonds is 14. The van der Waals surface area contributed by atoms with Crippen molar-refractivity contribution in [1.82, 2.24) is 19.7 Å². The highest BCUT2D eigenvalue weighted by Gasteiger charge is 2.39. The molecule has 4 aromatic rings. The van der Waals surface area contributed by atoms with E-state index in [1.807, 2.05) is 0 Å². The largest absolute Gasteiger partial charge is 0.496 e. The molecule has 0 saturated heterocycles. The van der Waals surface area contributed by atoms with Gasteiger partial charge in [0.25, 0.3) is 0 Å². The number of ether oxygens (including phenoxy) is 4. The molecule has 0 radical (unpaired) electrons. The van der Waals surface area contributed by atoms with Gasteiger partial charge < -0.3 is 24.1 Å². The van der Waals surface area contributed by atoms with Crippen molar-refractivity contribution in [2.75, 3.05) is 45.0 Å². The van der Waals surface area contributed by atoms with Crippen LogP contribution >= 0.6 is 30.1 Å². The predicted molar refractivity (Wildman–Crippen MR) is 174 cm³/mol. The van der Waals surface area contributed by atoms with Crippen LogP contribution in [-0.2, 0) is 10.0 Å². The van der Waals surface area contributed by atoms with Crippen LogP contribution in [-0.4, -0.2) is 79.3 Å². The van der Waals surface area contributed by atoms with Crippen LogP contribution in [0.15, 0.2) is 60.7 Å². The third-order valence-electron chi connectivity index (χ3n) is 6.71. The molecule has 43 heavy (non-hydrogen) atoms. The fourth-order valence-corrected chi connectivity index (χ4v) is 7.02. The van der Waals surface area contributed by atoms with Crippen LogP contribution in [0.2, 0.25) is 0 Å². The predicted octanol–water partition coefficient (Wildman–Crippen LogP) is 4.71. The number of aromatic nitrogens is 4. The number of aliphatic hydroxyl groups excluding tert-OH is 1. The van der Waals surface area contributed by atoms with E-state index >= 15 is 0 Å². The Bertz CT molecular complexity index is 1630. The average molecular weight is 742 g/mol. The van der Waals surface area contributed by atoms with Crippen molar-refractivity contribution in [2.24, 2.45) is 0 Å². The fraction of sp³-hybridized carbons (Fsp3) is 0.321. The zero-order valence-electron chi connectivity index (χ0n) is 24.2. The first-order valence-corrected chi connectivity index (χ1v) is 18.0. The molecule has 230 valence electrons. The second-order valence-corrected chi connectivity index (χ2v) is 13.8. The number of anilines is 1. The van der Waals surface area contributed by atoms with E-state index in [1.54, 1.807) is 60.7 Å². The summed E-state index contributed by atoms with van der Waals surface area (Å²) >= 11 is 2.11. The van der Waals surface area contributed by atoms with Crippen molar-refractivity contribution >= 4 is 46.1 Å². The van der Waals surface area contributed by atoms with Crippen molar-refractivity contribution in [2.45, 2.75) is 18.3 Å². The summed E-state index contributed by atoms with van der Waals surface area (Å²) in [7, 11) is 3.10. The molecule has 0 amide bonds. The first kappa shape index (κ1) is 32.6. The van der Waals surface area contributed by atoms with Crippen LogP contribution in [0.3, 0.4) is 0 Å². The first-order valence-electron chi connectivity index (χ1n) is 13.0. The lowest BCUT2D eigenvalue weighted by atomic mass is 10.1. The van der Waals surface area contributed by atoms with Crippen LogP contribution in [0.25, 0.3) is 17.2 Å². The lowest BCUT2D eigenvalue weighted by Gasteiger charge is -2.30. The molecule has 0 unspecified atom stereocenters. The minimum Gasteiger partial charge on any atom is -0.496 e. The summed E-state index contributed by atoms with van der Waals surface area (Å²) in [5.74, 6) is 2.07. The smallest absolute Gasteiger partial charge is 0.246 e. The Balaban J connectivity index is 1.98. The highest BCUT2D eigenvalue weighted by Crippen LogP contribution is 2.40. The molecule has 12 nitrogen and oxygen atoms in total. The summed E-state index contributed by atoms with van der Waals surface area (Å²) in [5.41, 5.74) is 1.08. The summed E-state index contributed by atoms with van der Waals surface area (Å²) in [6.45, 7) is 1.48. The molecule has 2 aromatic carbocycles. The Hall–Kier alpha value is -3.28. The molecule has 1 N–H and O–H groups in total. The molecule has 2 heterocycles. The standard InChI is InChI=1S/C28H32IN5O7S2/c1-18(26(35)19-10-6-7-12-21(19)38-2)43(36,37)33(16-17-42-29)28-32-31-27(20-11-8-15-24(30-20)41-5)34(28)25-22(39-3)13-9-14-23(25)40-4/h6-15,18,26,35H,16-17H2,1-5H3/t18-,26-/m1/s1. The van der Waals surface area contributed by atoms with Gasteiger partial charge in [-0.15, -0.1) is 10.2 Å². The number of para-hydroxylation sites is 2. The summed E-state index contributed by atoms with van der Waals surface area (Å²) in [6.07, 6.45) is -1.41. The van der Waals surface area contributed by atoms with Gasteiger partial charge in [0, 0.05) is 23.9 Å². The summed E-state index contributed by atoms with van der Waals surface area (Å²) < 4.78 is 53.6. The van der Waals surface area contributed by atoms with Crippen molar-refractivity contribution in [3.05, 3.63) is 66.2 Å². The molecule has 0 aliphatic rings. The maximum atomic E-state index is 14.4. The van der Waals surface area contributed by atoms with Gasteiger partial charge in [0.15, 0.2) is 5.82 Å². The van der Waals surface area contributed by atoms with Crippen molar-refractivity contribution in [3.63, 3.8) is 0 Å². The van der Waals surface area contributed by atoms with Crippen molar-refractivity contribution < 1.29 is 32.5 Å². The van der Waals surface area contributed by atoms with Gasteiger partial charge in [-0.25, -0.2) is 17.7 Å². The lowest BCUT2D eigenvalue weighted by Crippen LogP contribution is -2.43. The number of hydrogen-bond acceptors (Lipinski definition) is 11. The van der Waals surface area contributed by atoms with Crippen molar-refractivity contribution in [3.8, 4) is 40.3 Å². The van der Waals surface area contributed by atoms with Gasteiger partial charge in [-0.1, -0.05) is 39.3 Å². The first-order chi connectivity index (χ1) is 20.7. The van der Waals surface area contributed by atoms with E-state index in [-0.39, 0.29) is 18.3 Å². The zero-order chi connectivity index (χ0) is 31.1. The highest BCUT2D eigenvalue weighted by molar-refractivity contribution is 14.2. The molecule has 0 saturated carbocycles. The Morgan fingerprint density at radius 2 is 1.53 bits per heavy atom. The minimum atomic E-state index is -4.29. The Morgan fingerprint density at radius 3 is 2.16 bits per heavy atom. The van der Waals surface area contributed by atoms with Crippen LogP contribution in [0.4, 0.5) is 5.95 Å². The van der Waals surface area contributed by atoms with Gasteiger partial charge >= 0.3 is 0 Å². The number of hydrogen-bond donors (Lipinski definition) is 1. The van der Waals surface area contributed by atoms with E-state index in [0.29, 0.717) is 45.8 Å². The molecule has 2 atom stereocenters. The van der Waals surface area contributed by atoms with E-state index in [1.165, 1.54) is 48.9 Å². The molecule has 0 aliphatic heterocycles. The molecule has 15 heteroatoms. The summed E-state index contributed by atoms with van der Waals surface area (Å²) in [5, 5.41) is 18.9. The number of halogens is 1. The topological polar surface area (TPSA) is 138 Å². The van der Waals surface area contributed by atoms with E-state index in [0.717, 1.165) is 4.31 Å². The van der Waals surface area contributed by atoms with E-state index in [2.05, 4.69) is 36.4 Å². The minimum absolute atomic E-state index is 0.0278. The molecule has 0 aliphatic carbocycles. The fourth-order valence-electron chi connectivity index (χ4n) is 4.50. The van der Waals surface area contributed by atoms with Crippen LogP contribution in [0.1, 0.15) is 18.6 Å². The Labute approximate surface area is 267 Å². The zero-order valence-corrected chi connectivity index (χ0v) is 28.0. The number of benzene rings is 2. The molecule has 4 rings (SSSR count). The van der Waals surface area contributed by atoms with E-state index < -0.39 is 21.4 Å². The number of pyridine rings is 1. The third-order valence-corrected chi connectivity index (χ3v) is 10.5. The Morgan fingerprint density at radius 1 is 0.907 bits per heavy atom. The quantitative estimate of drug-likeness (QED) is 0.180. The Kier molecular flexibility index (Phi) is 11.0. The van der Waals surface area contributed by atoms with Gasteiger partial charge in [-0.05, 0) is 52.4 Å². The van der Waals surface area contributed by atoms with Gasteiger partial charge in [-0.3, -0.25) is 4.57 Å².